The molecular weight excluding hydrogens is 380 g/mol. The molecule has 1 atom stereocenters. The Morgan fingerprint density at radius 3 is 2.22 bits per heavy atom. The Morgan fingerprint density at radius 2 is 1.70 bits per heavy atom. The molecule has 0 saturated heterocycles. The van der Waals surface area contributed by atoms with Crippen LogP contribution in [0.4, 0.5) is 5.69 Å². The first-order valence-corrected chi connectivity index (χ1v) is 11.5. The molecule has 146 valence electrons. The first kappa shape index (κ1) is 21.3. The number of nitrogens with zero attached hydrogens (tertiary/aromatic N) is 1. The average Bonchev–Trinajstić information content (AvgIpc) is 2.66. The van der Waals surface area contributed by atoms with Crippen LogP contribution in [0.1, 0.15) is 25.8 Å². The van der Waals surface area contributed by atoms with Gasteiger partial charge in [-0.1, -0.05) is 24.6 Å². The smallest absolute Gasteiger partial charge is 0.264 e. The molecule has 2 aromatic carbocycles. The number of nitrogens with one attached hydrogen (secondary N) is 1. The molecule has 27 heavy (non-hydrogen) atoms. The number of amides is 1. The molecule has 2 rings (SSSR count). The first-order chi connectivity index (χ1) is 12.8. The van der Waals surface area contributed by atoms with E-state index in [4.69, 9.17) is 0 Å². The first-order valence-electron chi connectivity index (χ1n) is 8.80. The van der Waals surface area contributed by atoms with Crippen LogP contribution < -0.4 is 9.62 Å². The van der Waals surface area contributed by atoms with Crippen molar-refractivity contribution in [1.82, 2.24) is 5.32 Å². The summed E-state index contributed by atoms with van der Waals surface area (Å²) < 4.78 is 27.7. The van der Waals surface area contributed by atoms with Gasteiger partial charge in [0.2, 0.25) is 5.91 Å². The predicted molar refractivity (Wildman–Crippen MR) is 112 cm³/mol. The van der Waals surface area contributed by atoms with E-state index in [1.807, 2.05) is 39.2 Å². The van der Waals surface area contributed by atoms with Crippen LogP contribution in [0.25, 0.3) is 0 Å². The molecule has 1 N–H and O–H groups in total. The standard InChI is InChI=1S/C20H26N2O3S2/c1-5-16(3)21-20(23)14-22(17-8-6-15(2)7-9-17)27(24,25)19-12-10-18(26-4)11-13-19/h6-13,16H,5,14H2,1-4H3,(H,21,23)/t16-/m0/s1. The van der Waals surface area contributed by atoms with Crippen molar-refractivity contribution in [1.29, 1.82) is 0 Å². The molecule has 7 heteroatoms. The quantitative estimate of drug-likeness (QED) is 0.677. The monoisotopic (exact) mass is 406 g/mol. The number of hydrogen-bond acceptors (Lipinski definition) is 4. The molecule has 0 heterocycles. The van der Waals surface area contributed by atoms with Gasteiger partial charge >= 0.3 is 0 Å². The van der Waals surface area contributed by atoms with Gasteiger partial charge in [-0.3, -0.25) is 9.10 Å². The minimum atomic E-state index is -3.87. The summed E-state index contributed by atoms with van der Waals surface area (Å²) in [6.45, 7) is 5.52. The zero-order chi connectivity index (χ0) is 20.0. The molecule has 0 saturated carbocycles. The molecule has 0 aliphatic rings. The van der Waals surface area contributed by atoms with E-state index in [1.165, 1.54) is 0 Å². The maximum Gasteiger partial charge on any atom is 0.264 e. The van der Waals surface area contributed by atoms with Crippen molar-refractivity contribution in [2.24, 2.45) is 0 Å². The molecule has 0 aromatic heterocycles. The average molecular weight is 407 g/mol. The van der Waals surface area contributed by atoms with Crippen LogP contribution in [0.3, 0.4) is 0 Å². The Labute approximate surface area is 166 Å². The van der Waals surface area contributed by atoms with Crippen molar-refractivity contribution in [3.63, 3.8) is 0 Å². The number of carbonyl (C=O) groups excluding carboxylic acids is 1. The van der Waals surface area contributed by atoms with Crippen LogP contribution in [0.5, 0.6) is 0 Å². The Morgan fingerprint density at radius 1 is 1.11 bits per heavy atom. The number of benzene rings is 2. The molecule has 0 radical (unpaired) electrons. The molecule has 1 amide bonds. The van der Waals surface area contributed by atoms with E-state index in [-0.39, 0.29) is 23.4 Å². The highest BCUT2D eigenvalue weighted by Crippen LogP contribution is 2.25. The normalized spacial score (nSPS) is 12.4. The molecule has 0 aliphatic carbocycles. The lowest BCUT2D eigenvalue weighted by Gasteiger charge is -2.25. The van der Waals surface area contributed by atoms with Crippen LogP contribution in [0, 0.1) is 6.92 Å². The summed E-state index contributed by atoms with van der Waals surface area (Å²) in [5.74, 6) is -0.325. The summed E-state index contributed by atoms with van der Waals surface area (Å²) in [4.78, 5) is 13.6. The van der Waals surface area contributed by atoms with Crippen molar-refractivity contribution >= 4 is 33.4 Å². The molecule has 0 spiro atoms. The van der Waals surface area contributed by atoms with Crippen molar-refractivity contribution in [3.8, 4) is 0 Å². The van der Waals surface area contributed by atoms with Crippen LogP contribution in [-0.2, 0) is 14.8 Å². The Hall–Kier alpha value is -1.99. The van der Waals surface area contributed by atoms with Gasteiger partial charge in [-0.05, 0) is 62.9 Å². The fourth-order valence-corrected chi connectivity index (χ4v) is 4.28. The fraction of sp³-hybridized carbons (Fsp3) is 0.350. The summed E-state index contributed by atoms with van der Waals surface area (Å²) in [6.07, 6.45) is 2.71. The lowest BCUT2D eigenvalue weighted by atomic mass is 10.2. The van der Waals surface area contributed by atoms with Gasteiger partial charge in [-0.25, -0.2) is 8.42 Å². The van der Waals surface area contributed by atoms with Crippen LogP contribution in [0.2, 0.25) is 0 Å². The van der Waals surface area contributed by atoms with Gasteiger partial charge in [0.1, 0.15) is 6.54 Å². The molecule has 5 nitrogen and oxygen atoms in total. The molecule has 2 aromatic rings. The zero-order valence-electron chi connectivity index (χ0n) is 16.1. The summed E-state index contributed by atoms with van der Waals surface area (Å²) in [5.41, 5.74) is 1.48. The van der Waals surface area contributed by atoms with Gasteiger partial charge in [-0.2, -0.15) is 0 Å². The summed E-state index contributed by atoms with van der Waals surface area (Å²) in [5, 5.41) is 2.83. The van der Waals surface area contributed by atoms with Crippen molar-refractivity contribution in [3.05, 3.63) is 54.1 Å². The lowest BCUT2D eigenvalue weighted by molar-refractivity contribution is -0.120. The molecule has 0 aliphatic heterocycles. The molecule has 0 bridgehead atoms. The van der Waals surface area contributed by atoms with Gasteiger partial charge < -0.3 is 5.32 Å². The number of carbonyl (C=O) groups is 1. The van der Waals surface area contributed by atoms with E-state index in [0.717, 1.165) is 21.2 Å². The minimum absolute atomic E-state index is 0.0130. The highest BCUT2D eigenvalue weighted by atomic mass is 32.2. The summed E-state index contributed by atoms with van der Waals surface area (Å²) >= 11 is 1.54. The number of thioether (sulfide) groups is 1. The largest absolute Gasteiger partial charge is 0.352 e. The van der Waals surface area contributed by atoms with Gasteiger partial charge in [0.15, 0.2) is 0 Å². The molecular formula is C20H26N2O3S2. The minimum Gasteiger partial charge on any atom is -0.352 e. The number of rotatable bonds is 8. The molecule has 0 unspecified atom stereocenters. The number of aryl methyl sites for hydroxylation is 1. The topological polar surface area (TPSA) is 66.5 Å². The van der Waals surface area contributed by atoms with Crippen LogP contribution in [0.15, 0.2) is 58.3 Å². The third-order valence-corrected chi connectivity index (χ3v) is 6.81. The second kappa shape index (κ2) is 9.28. The third kappa shape index (κ3) is 5.49. The van der Waals surface area contributed by atoms with Gasteiger partial charge in [0, 0.05) is 10.9 Å². The number of anilines is 1. The van der Waals surface area contributed by atoms with Crippen molar-refractivity contribution < 1.29 is 13.2 Å². The van der Waals surface area contributed by atoms with Crippen LogP contribution >= 0.6 is 11.8 Å². The van der Waals surface area contributed by atoms with Gasteiger partial charge in [0.25, 0.3) is 10.0 Å². The highest BCUT2D eigenvalue weighted by Gasteiger charge is 2.27. The van der Waals surface area contributed by atoms with Crippen LogP contribution in [-0.4, -0.2) is 33.2 Å². The highest BCUT2D eigenvalue weighted by molar-refractivity contribution is 7.98. The van der Waals surface area contributed by atoms with E-state index in [0.29, 0.717) is 5.69 Å². The maximum atomic E-state index is 13.2. The third-order valence-electron chi connectivity index (χ3n) is 4.28. The van der Waals surface area contributed by atoms with E-state index in [9.17, 15) is 13.2 Å². The van der Waals surface area contributed by atoms with Gasteiger partial charge in [0.05, 0.1) is 10.6 Å². The predicted octanol–water partition coefficient (Wildman–Crippen LogP) is 3.83. The maximum absolute atomic E-state index is 13.2. The Balaban J connectivity index is 2.40. The summed E-state index contributed by atoms with van der Waals surface area (Å²) in [7, 11) is -3.87. The lowest BCUT2D eigenvalue weighted by Crippen LogP contribution is -2.43. The fourth-order valence-electron chi connectivity index (χ4n) is 2.45. The van der Waals surface area contributed by atoms with Crippen molar-refractivity contribution in [2.75, 3.05) is 17.1 Å². The second-order valence-electron chi connectivity index (χ2n) is 6.40. The van der Waals surface area contributed by atoms with E-state index in [2.05, 4.69) is 5.32 Å². The van der Waals surface area contributed by atoms with Crippen molar-refractivity contribution in [2.45, 2.75) is 43.0 Å². The number of hydrogen-bond donors (Lipinski definition) is 1. The van der Waals surface area contributed by atoms with E-state index in [1.54, 1.807) is 48.2 Å². The summed E-state index contributed by atoms with van der Waals surface area (Å²) in [6, 6.07) is 13.8. The SMILES string of the molecule is CC[C@H](C)NC(=O)CN(c1ccc(C)cc1)S(=O)(=O)c1ccc(SC)cc1. The Bertz CT molecular complexity index is 863. The Kier molecular flexibility index (Phi) is 7.33. The molecule has 0 fully saturated rings. The number of sulfonamides is 1. The van der Waals surface area contributed by atoms with E-state index < -0.39 is 10.0 Å². The second-order valence-corrected chi connectivity index (χ2v) is 9.14. The zero-order valence-corrected chi connectivity index (χ0v) is 17.7. The van der Waals surface area contributed by atoms with Gasteiger partial charge in [-0.15, -0.1) is 11.8 Å². The van der Waals surface area contributed by atoms with E-state index >= 15 is 0 Å².